The first kappa shape index (κ1) is 21.0. The van der Waals surface area contributed by atoms with Crippen LogP contribution in [0, 0.1) is 5.82 Å². The zero-order chi connectivity index (χ0) is 22.5. The fraction of sp³-hybridized carbons (Fsp3) is 0.130. The first-order chi connectivity index (χ1) is 15.5. The third-order valence-corrected chi connectivity index (χ3v) is 4.74. The Kier molecular flexibility index (Phi) is 6.07. The van der Waals surface area contributed by atoms with Gasteiger partial charge in [-0.25, -0.2) is 4.39 Å². The number of nitrogens with zero attached hydrogens (tertiary/aromatic N) is 3. The Labute approximate surface area is 182 Å². The molecule has 0 atom stereocenters. The second-order valence-corrected chi connectivity index (χ2v) is 6.91. The summed E-state index contributed by atoms with van der Waals surface area (Å²) in [5, 5.41) is 6.63. The van der Waals surface area contributed by atoms with E-state index in [1.54, 1.807) is 25.3 Å². The Hall–Kier alpha value is -4.27. The van der Waals surface area contributed by atoms with Gasteiger partial charge in [-0.05, 0) is 54.1 Å². The number of rotatable bonds is 7. The van der Waals surface area contributed by atoms with Crippen molar-refractivity contribution in [3.8, 4) is 28.6 Å². The predicted molar refractivity (Wildman–Crippen MR) is 114 cm³/mol. The lowest BCUT2D eigenvalue weighted by Crippen LogP contribution is -2.32. The lowest BCUT2D eigenvalue weighted by atomic mass is 10.2. The smallest absolute Gasteiger partial charge is 0.263 e. The highest BCUT2D eigenvalue weighted by Crippen LogP contribution is 2.20. The number of nitrogens with one attached hydrogen (secondary N) is 1. The molecular formula is C23H19FN4O4. The molecule has 8 nitrogen and oxygen atoms in total. The minimum Gasteiger partial charge on any atom is -0.497 e. The number of carbonyl (C=O) groups is 1. The van der Waals surface area contributed by atoms with Gasteiger partial charge in [0.2, 0.25) is 11.7 Å². The molecule has 0 aliphatic carbocycles. The molecule has 2 aromatic carbocycles. The van der Waals surface area contributed by atoms with Gasteiger partial charge in [0.15, 0.2) is 0 Å². The Morgan fingerprint density at radius 1 is 1.12 bits per heavy atom. The van der Waals surface area contributed by atoms with Crippen LogP contribution in [0.3, 0.4) is 0 Å². The number of pyridine rings is 1. The molecule has 1 amide bonds. The average Bonchev–Trinajstić information content (AvgIpc) is 3.30. The van der Waals surface area contributed by atoms with Crippen LogP contribution in [-0.4, -0.2) is 27.7 Å². The van der Waals surface area contributed by atoms with E-state index in [1.807, 2.05) is 12.1 Å². The summed E-state index contributed by atoms with van der Waals surface area (Å²) in [6, 6.07) is 16.1. The molecule has 0 saturated carbocycles. The van der Waals surface area contributed by atoms with Gasteiger partial charge < -0.3 is 19.1 Å². The fourth-order valence-electron chi connectivity index (χ4n) is 3.03. The van der Waals surface area contributed by atoms with E-state index in [0.717, 1.165) is 11.3 Å². The number of halogens is 1. The van der Waals surface area contributed by atoms with Gasteiger partial charge in [0, 0.05) is 18.3 Å². The molecule has 0 unspecified atom stereocenters. The van der Waals surface area contributed by atoms with Crippen molar-refractivity contribution in [2.24, 2.45) is 0 Å². The zero-order valence-corrected chi connectivity index (χ0v) is 17.1. The molecule has 2 aromatic heterocycles. The number of carbonyl (C=O) groups excluding carboxylic acids is 1. The molecule has 0 bridgehead atoms. The molecule has 9 heteroatoms. The molecule has 0 spiro atoms. The molecule has 0 saturated heterocycles. The quantitative estimate of drug-likeness (QED) is 0.480. The molecule has 1 N–H and O–H groups in total. The summed E-state index contributed by atoms with van der Waals surface area (Å²) in [5.74, 6) is 0.271. The molecule has 0 radical (unpaired) electrons. The second-order valence-electron chi connectivity index (χ2n) is 6.91. The van der Waals surface area contributed by atoms with Crippen molar-refractivity contribution in [3.63, 3.8) is 0 Å². The topological polar surface area (TPSA) is 99.2 Å². The van der Waals surface area contributed by atoms with Crippen molar-refractivity contribution < 1.29 is 18.4 Å². The number of hydrogen-bond donors (Lipinski definition) is 1. The Bertz CT molecular complexity index is 1280. The minimum absolute atomic E-state index is 0.0160. The van der Waals surface area contributed by atoms with E-state index in [4.69, 9.17) is 9.26 Å². The zero-order valence-electron chi connectivity index (χ0n) is 17.1. The fourth-order valence-corrected chi connectivity index (χ4v) is 3.03. The third-order valence-electron chi connectivity index (χ3n) is 4.74. The van der Waals surface area contributed by atoms with E-state index >= 15 is 0 Å². The lowest BCUT2D eigenvalue weighted by Gasteiger charge is -2.08. The number of methoxy groups -OCH3 is 1. The molecule has 0 fully saturated rings. The average molecular weight is 434 g/mol. The van der Waals surface area contributed by atoms with E-state index in [2.05, 4.69) is 15.5 Å². The third kappa shape index (κ3) is 4.72. The van der Waals surface area contributed by atoms with Gasteiger partial charge in [-0.3, -0.25) is 9.59 Å². The van der Waals surface area contributed by atoms with E-state index < -0.39 is 5.56 Å². The standard InChI is InChI=1S/C23H19FN4O4/c1-31-18-10-4-15(5-11-18)13-25-20(29)14-28-12-2-3-19(23(28)30)22-26-21(27-32-22)16-6-8-17(24)9-7-16/h2-12H,13-14H2,1H3,(H,25,29). The molecular weight excluding hydrogens is 415 g/mol. The summed E-state index contributed by atoms with van der Waals surface area (Å²) in [5.41, 5.74) is 1.17. The molecule has 32 heavy (non-hydrogen) atoms. The van der Waals surface area contributed by atoms with E-state index in [9.17, 15) is 14.0 Å². The van der Waals surface area contributed by atoms with Crippen molar-refractivity contribution >= 4 is 5.91 Å². The number of benzene rings is 2. The van der Waals surface area contributed by atoms with Crippen molar-refractivity contribution in [1.29, 1.82) is 0 Å². The monoisotopic (exact) mass is 434 g/mol. The van der Waals surface area contributed by atoms with E-state index in [-0.39, 0.29) is 35.5 Å². The highest BCUT2D eigenvalue weighted by atomic mass is 19.1. The maximum absolute atomic E-state index is 13.1. The Morgan fingerprint density at radius 2 is 1.88 bits per heavy atom. The van der Waals surface area contributed by atoms with Crippen LogP contribution in [0.15, 0.2) is 76.2 Å². The SMILES string of the molecule is COc1ccc(CNC(=O)Cn2cccc(-c3nc(-c4ccc(F)cc4)no3)c2=O)cc1. The maximum atomic E-state index is 13.1. The molecule has 2 heterocycles. The second kappa shape index (κ2) is 9.25. The lowest BCUT2D eigenvalue weighted by molar-refractivity contribution is -0.121. The Morgan fingerprint density at radius 3 is 2.59 bits per heavy atom. The summed E-state index contributed by atoms with van der Waals surface area (Å²) in [7, 11) is 1.58. The van der Waals surface area contributed by atoms with Crippen molar-refractivity contribution in [1.82, 2.24) is 20.0 Å². The first-order valence-electron chi connectivity index (χ1n) is 9.72. The largest absolute Gasteiger partial charge is 0.497 e. The normalized spacial score (nSPS) is 10.7. The van der Waals surface area contributed by atoms with Crippen LogP contribution in [-0.2, 0) is 17.9 Å². The highest BCUT2D eigenvalue weighted by molar-refractivity contribution is 5.75. The summed E-state index contributed by atoms with van der Waals surface area (Å²) in [4.78, 5) is 29.4. The van der Waals surface area contributed by atoms with Crippen LogP contribution in [0.5, 0.6) is 5.75 Å². The molecule has 0 aliphatic rings. The minimum atomic E-state index is -0.443. The first-order valence-corrected chi connectivity index (χ1v) is 9.72. The summed E-state index contributed by atoms with van der Waals surface area (Å²) in [6.45, 7) is 0.156. The Balaban J connectivity index is 1.46. The highest BCUT2D eigenvalue weighted by Gasteiger charge is 2.16. The summed E-state index contributed by atoms with van der Waals surface area (Å²) >= 11 is 0. The van der Waals surface area contributed by atoms with Crippen LogP contribution < -0.4 is 15.6 Å². The number of amides is 1. The summed E-state index contributed by atoms with van der Waals surface area (Å²) < 4.78 is 24.7. The van der Waals surface area contributed by atoms with Gasteiger partial charge in [-0.2, -0.15) is 4.98 Å². The number of ether oxygens (including phenoxy) is 1. The van der Waals surface area contributed by atoms with Crippen LogP contribution in [0.4, 0.5) is 4.39 Å². The van der Waals surface area contributed by atoms with E-state index in [1.165, 1.54) is 41.1 Å². The maximum Gasteiger partial charge on any atom is 0.263 e. The van der Waals surface area contributed by atoms with Gasteiger partial charge in [-0.1, -0.05) is 17.3 Å². The van der Waals surface area contributed by atoms with Gasteiger partial charge in [-0.15, -0.1) is 0 Å². The molecule has 4 rings (SSSR count). The van der Waals surface area contributed by atoms with Crippen LogP contribution in [0.1, 0.15) is 5.56 Å². The van der Waals surface area contributed by atoms with Gasteiger partial charge >= 0.3 is 0 Å². The van der Waals surface area contributed by atoms with Crippen LogP contribution in [0.2, 0.25) is 0 Å². The molecule has 0 aliphatic heterocycles. The van der Waals surface area contributed by atoms with Crippen LogP contribution >= 0.6 is 0 Å². The molecule has 162 valence electrons. The molecule has 4 aromatic rings. The predicted octanol–water partition coefficient (Wildman–Crippen LogP) is 3.03. The van der Waals surface area contributed by atoms with E-state index in [0.29, 0.717) is 12.1 Å². The van der Waals surface area contributed by atoms with Gasteiger partial charge in [0.1, 0.15) is 23.7 Å². The van der Waals surface area contributed by atoms with Crippen molar-refractivity contribution in [2.45, 2.75) is 13.1 Å². The van der Waals surface area contributed by atoms with Crippen LogP contribution in [0.25, 0.3) is 22.8 Å². The summed E-state index contributed by atoms with van der Waals surface area (Å²) in [6.07, 6.45) is 1.51. The van der Waals surface area contributed by atoms with Gasteiger partial charge in [0.05, 0.1) is 7.11 Å². The number of hydrogen-bond acceptors (Lipinski definition) is 6. The van der Waals surface area contributed by atoms with Crippen molar-refractivity contribution in [2.75, 3.05) is 7.11 Å². The number of aromatic nitrogens is 3. The van der Waals surface area contributed by atoms with Crippen molar-refractivity contribution in [3.05, 3.63) is 88.6 Å². The van der Waals surface area contributed by atoms with Gasteiger partial charge in [0.25, 0.3) is 11.4 Å².